The van der Waals surface area contributed by atoms with Gasteiger partial charge in [-0.2, -0.15) is 8.42 Å². The summed E-state index contributed by atoms with van der Waals surface area (Å²) in [4.78, 5) is -0.188. The van der Waals surface area contributed by atoms with Crippen molar-refractivity contribution < 1.29 is 13.0 Å². The average molecular weight is 281 g/mol. The van der Waals surface area contributed by atoms with Crippen LogP contribution in [0, 0.1) is 0 Å². The van der Waals surface area contributed by atoms with Gasteiger partial charge in [-0.3, -0.25) is 9.12 Å². The summed E-state index contributed by atoms with van der Waals surface area (Å²) in [6.45, 7) is 0. The fraction of sp³-hybridized carbons (Fsp3) is 0. The summed E-state index contributed by atoms with van der Waals surface area (Å²) < 4.78 is 32.2. The molecule has 17 heavy (non-hydrogen) atoms. The van der Waals surface area contributed by atoms with Gasteiger partial charge in [0.1, 0.15) is 6.33 Å². The summed E-state index contributed by atoms with van der Waals surface area (Å²) in [7, 11) is -4.21. The molecule has 0 atom stereocenters. The molecule has 0 fully saturated rings. The van der Waals surface area contributed by atoms with Crippen LogP contribution in [0.15, 0.2) is 40.6 Å². The zero-order chi connectivity index (χ0) is 11.8. The summed E-state index contributed by atoms with van der Waals surface area (Å²) in [6, 6.07) is 5.75. The van der Waals surface area contributed by atoms with Gasteiger partial charge in [0.15, 0.2) is 5.16 Å². The van der Waals surface area contributed by atoms with E-state index in [1.165, 1.54) is 29.1 Å². The van der Waals surface area contributed by atoms with Gasteiger partial charge in [0, 0.05) is 0 Å². The molecule has 6 nitrogen and oxygen atoms in total. The minimum absolute atomic E-state index is 0. The van der Waals surface area contributed by atoms with E-state index in [1.807, 2.05) is 0 Å². The minimum atomic E-state index is -4.21. The fourth-order valence-electron chi connectivity index (χ4n) is 1.20. The van der Waals surface area contributed by atoms with Crippen molar-refractivity contribution in [2.24, 2.45) is 0 Å². The second-order valence-electron chi connectivity index (χ2n) is 2.97. The third kappa shape index (κ3) is 3.30. The maximum atomic E-state index is 10.9. The molecule has 0 amide bonds. The Kier molecular flexibility index (Phi) is 4.76. The van der Waals surface area contributed by atoms with Crippen molar-refractivity contribution in [3.63, 3.8) is 0 Å². The normalized spacial score (nSPS) is 10.9. The van der Waals surface area contributed by atoms with Gasteiger partial charge in [-0.1, -0.05) is 6.07 Å². The molecular weight excluding hydrogens is 273 g/mol. The third-order valence-electron chi connectivity index (χ3n) is 1.92. The van der Waals surface area contributed by atoms with Gasteiger partial charge in [-0.25, -0.2) is 0 Å². The molecule has 0 bridgehead atoms. The molecule has 0 saturated heterocycles. The van der Waals surface area contributed by atoms with Gasteiger partial charge in [-0.15, -0.1) is 22.8 Å². The van der Waals surface area contributed by atoms with Crippen molar-refractivity contribution in [3.05, 3.63) is 30.6 Å². The van der Waals surface area contributed by atoms with Crippen molar-refractivity contribution in [2.45, 2.75) is 10.1 Å². The van der Waals surface area contributed by atoms with E-state index in [-0.39, 0.29) is 34.5 Å². The Hall–Kier alpha value is -0.380. The van der Waals surface area contributed by atoms with Crippen molar-refractivity contribution in [3.8, 4) is 5.69 Å². The van der Waals surface area contributed by atoms with Gasteiger partial charge in [0.05, 0.1) is 10.6 Å². The average Bonchev–Trinajstić information content (AvgIpc) is 2.63. The number of hydrogen-bond donors (Lipinski definition) is 2. The summed E-state index contributed by atoms with van der Waals surface area (Å²) in [6.07, 6.45) is 1.39. The van der Waals surface area contributed by atoms with Crippen LogP contribution in [-0.4, -0.2) is 57.3 Å². The van der Waals surface area contributed by atoms with E-state index in [2.05, 4.69) is 22.8 Å². The first-order valence-electron chi connectivity index (χ1n) is 4.15. The molecule has 2 aromatic rings. The molecule has 0 saturated carbocycles. The van der Waals surface area contributed by atoms with Gasteiger partial charge in [0.25, 0.3) is 10.1 Å². The monoisotopic (exact) mass is 281 g/mol. The quantitative estimate of drug-likeness (QED) is 0.465. The van der Waals surface area contributed by atoms with E-state index in [0.717, 1.165) is 0 Å². The molecule has 2 rings (SSSR count). The van der Waals surface area contributed by atoms with E-state index >= 15 is 0 Å². The molecule has 0 aliphatic carbocycles. The molecule has 1 aromatic heterocycles. The molecule has 0 spiro atoms. The first-order valence-corrected chi connectivity index (χ1v) is 6.04. The number of benzene rings is 1. The zero-order valence-corrected chi connectivity index (χ0v) is 9.56. The Bertz CT molecular complexity index is 626. The Labute approximate surface area is 126 Å². The summed E-state index contributed by atoms with van der Waals surface area (Å²) >= 11 is 4.04. The van der Waals surface area contributed by atoms with Crippen LogP contribution in [0.3, 0.4) is 0 Å². The number of nitrogens with zero attached hydrogens (tertiary/aromatic N) is 3. The first-order chi connectivity index (χ1) is 7.48. The molecule has 0 radical (unpaired) electrons. The Morgan fingerprint density at radius 2 is 2.06 bits per heavy atom. The summed E-state index contributed by atoms with van der Waals surface area (Å²) in [5.74, 6) is 0. The SMILES string of the molecule is O=S(=O)(O)c1cccc(-n2cnnc2S)c1.[NaH]. The predicted molar refractivity (Wildman–Crippen MR) is 65.6 cm³/mol. The molecule has 0 aliphatic rings. The molecule has 0 aliphatic heterocycles. The van der Waals surface area contributed by atoms with Crippen molar-refractivity contribution >= 4 is 52.3 Å². The predicted octanol–water partition coefficient (Wildman–Crippen LogP) is 0.154. The van der Waals surface area contributed by atoms with Crippen LogP contribution in [-0.2, 0) is 10.1 Å². The Morgan fingerprint density at radius 3 is 2.59 bits per heavy atom. The fourth-order valence-corrected chi connectivity index (χ4v) is 1.94. The topological polar surface area (TPSA) is 85.1 Å². The third-order valence-corrected chi connectivity index (χ3v) is 3.08. The van der Waals surface area contributed by atoms with Gasteiger partial charge >= 0.3 is 29.6 Å². The van der Waals surface area contributed by atoms with E-state index in [4.69, 9.17) is 4.55 Å². The van der Waals surface area contributed by atoms with Crippen LogP contribution in [0.2, 0.25) is 0 Å². The van der Waals surface area contributed by atoms with Crippen molar-refractivity contribution in [1.82, 2.24) is 14.8 Å². The van der Waals surface area contributed by atoms with E-state index in [9.17, 15) is 8.42 Å². The van der Waals surface area contributed by atoms with Crippen LogP contribution in [0.5, 0.6) is 0 Å². The second kappa shape index (κ2) is 5.51. The molecule has 0 unspecified atom stereocenters. The van der Waals surface area contributed by atoms with Crippen molar-refractivity contribution in [2.75, 3.05) is 0 Å². The van der Waals surface area contributed by atoms with E-state index < -0.39 is 10.1 Å². The number of thiol groups is 1. The molecule has 86 valence electrons. The van der Waals surface area contributed by atoms with Gasteiger partial charge in [-0.05, 0) is 18.2 Å². The van der Waals surface area contributed by atoms with Crippen LogP contribution in [0.1, 0.15) is 0 Å². The Morgan fingerprint density at radius 1 is 1.35 bits per heavy atom. The molecule has 1 heterocycles. The van der Waals surface area contributed by atoms with Crippen LogP contribution < -0.4 is 0 Å². The van der Waals surface area contributed by atoms with Gasteiger partial charge in [0.2, 0.25) is 0 Å². The van der Waals surface area contributed by atoms with Crippen LogP contribution >= 0.6 is 12.6 Å². The van der Waals surface area contributed by atoms with Gasteiger partial charge < -0.3 is 0 Å². The maximum absolute atomic E-state index is 10.9. The first kappa shape index (κ1) is 14.7. The van der Waals surface area contributed by atoms with Crippen molar-refractivity contribution in [1.29, 1.82) is 0 Å². The second-order valence-corrected chi connectivity index (χ2v) is 4.79. The standard InChI is InChI=1S/C8H7N3O3S2.Na.H/c12-16(13,14)7-3-1-2-6(4-7)11-5-9-10-8(11)15;;/h1-5H,(H,10,15)(H,12,13,14);;. The summed E-state index contributed by atoms with van der Waals surface area (Å²) in [5.41, 5.74) is 0.505. The number of hydrogen-bond acceptors (Lipinski definition) is 5. The Balaban J connectivity index is 0.00000144. The zero-order valence-electron chi connectivity index (χ0n) is 7.85. The van der Waals surface area contributed by atoms with Crippen LogP contribution in [0.4, 0.5) is 0 Å². The molecule has 1 N–H and O–H groups in total. The summed E-state index contributed by atoms with van der Waals surface area (Å²) in [5, 5.41) is 7.59. The number of rotatable bonds is 2. The molecular formula is C8H8N3NaO3S2. The molecule has 9 heteroatoms. The molecule has 1 aromatic carbocycles. The van der Waals surface area contributed by atoms with Crippen LogP contribution in [0.25, 0.3) is 5.69 Å². The van der Waals surface area contributed by atoms with E-state index in [0.29, 0.717) is 10.8 Å². The number of aromatic nitrogens is 3. The van der Waals surface area contributed by atoms with E-state index in [1.54, 1.807) is 6.07 Å².